The lowest BCUT2D eigenvalue weighted by atomic mass is 10.6. The first-order chi connectivity index (χ1) is 5.77. The molecule has 1 aromatic heterocycles. The molecular weight excluding hydrogens is 160 g/mol. The second-order valence-electron chi connectivity index (χ2n) is 2.03. The van der Waals surface area contributed by atoms with Crippen LogP contribution in [0.5, 0.6) is 0 Å². The number of rotatable bonds is 3. The van der Waals surface area contributed by atoms with Crippen LogP contribution in [0.15, 0.2) is 0 Å². The predicted octanol–water partition coefficient (Wildman–Crippen LogP) is -0.560. The van der Waals surface area contributed by atoms with Gasteiger partial charge in [-0.1, -0.05) is 0 Å². The molecule has 6 heteroatoms. The number of carbonyl (C=O) groups is 1. The van der Waals surface area contributed by atoms with Crippen molar-refractivity contribution in [2.75, 3.05) is 6.61 Å². The van der Waals surface area contributed by atoms with Gasteiger partial charge in [0.15, 0.2) is 0 Å². The van der Waals surface area contributed by atoms with E-state index in [0.29, 0.717) is 12.4 Å². The maximum Gasteiger partial charge on any atom is 0.378 e. The Balaban J connectivity index is 2.68. The average Bonchev–Trinajstić information content (AvgIpc) is 2.52. The monoisotopic (exact) mass is 170 g/mol. The molecule has 0 unspecified atom stereocenters. The van der Waals surface area contributed by atoms with Gasteiger partial charge in [-0.05, 0) is 6.92 Å². The van der Waals surface area contributed by atoms with E-state index >= 15 is 0 Å². The van der Waals surface area contributed by atoms with Crippen molar-refractivity contribution < 1.29 is 9.53 Å². The van der Waals surface area contributed by atoms with E-state index in [-0.39, 0.29) is 12.4 Å². The lowest BCUT2D eigenvalue weighted by Crippen LogP contribution is -2.07. The van der Waals surface area contributed by atoms with Crippen molar-refractivity contribution in [3.05, 3.63) is 11.6 Å². The Morgan fingerprint density at radius 3 is 3.00 bits per heavy atom. The molecular formula is C6H10N4O2. The summed E-state index contributed by atoms with van der Waals surface area (Å²) in [5, 5.41) is 6.12. The van der Waals surface area contributed by atoms with Crippen LogP contribution >= 0.6 is 0 Å². The number of aromatic amines is 1. The molecule has 0 radical (unpaired) electrons. The third-order valence-electron chi connectivity index (χ3n) is 1.18. The summed E-state index contributed by atoms with van der Waals surface area (Å²) in [6.07, 6.45) is 0. The summed E-state index contributed by atoms with van der Waals surface area (Å²) >= 11 is 0. The van der Waals surface area contributed by atoms with E-state index in [0.717, 1.165) is 0 Å². The molecule has 0 aliphatic heterocycles. The Morgan fingerprint density at radius 2 is 2.50 bits per heavy atom. The molecule has 0 aliphatic carbocycles. The lowest BCUT2D eigenvalue weighted by molar-refractivity contribution is 0.0512. The topological polar surface area (TPSA) is 93.9 Å². The Kier molecular flexibility index (Phi) is 2.76. The Bertz CT molecular complexity index is 270. The van der Waals surface area contributed by atoms with Crippen LogP contribution in [-0.4, -0.2) is 27.8 Å². The summed E-state index contributed by atoms with van der Waals surface area (Å²) in [5.41, 5.74) is 5.25. The molecule has 3 N–H and O–H groups in total. The molecule has 6 nitrogen and oxygen atoms in total. The van der Waals surface area contributed by atoms with Crippen LogP contribution in [0.1, 0.15) is 23.4 Å². The van der Waals surface area contributed by atoms with Crippen LogP contribution in [0.25, 0.3) is 0 Å². The van der Waals surface area contributed by atoms with Gasteiger partial charge in [0.05, 0.1) is 13.2 Å². The number of H-pyrrole nitrogens is 1. The number of hydrogen-bond donors (Lipinski definition) is 2. The van der Waals surface area contributed by atoms with Gasteiger partial charge >= 0.3 is 5.97 Å². The molecule has 0 spiro atoms. The molecule has 1 rings (SSSR count). The minimum absolute atomic E-state index is 0.0253. The third-order valence-corrected chi connectivity index (χ3v) is 1.18. The lowest BCUT2D eigenvalue weighted by Gasteiger charge is -1.93. The van der Waals surface area contributed by atoms with Crippen molar-refractivity contribution in [1.82, 2.24) is 15.2 Å². The Morgan fingerprint density at radius 1 is 1.75 bits per heavy atom. The summed E-state index contributed by atoms with van der Waals surface area (Å²) < 4.78 is 4.66. The molecule has 0 saturated heterocycles. The van der Waals surface area contributed by atoms with Gasteiger partial charge in [0.2, 0.25) is 0 Å². The first kappa shape index (κ1) is 8.66. The van der Waals surface area contributed by atoms with E-state index < -0.39 is 5.97 Å². The summed E-state index contributed by atoms with van der Waals surface area (Å²) in [6, 6.07) is 0. The van der Waals surface area contributed by atoms with Gasteiger partial charge < -0.3 is 10.5 Å². The molecule has 0 saturated carbocycles. The van der Waals surface area contributed by atoms with E-state index in [1.165, 1.54) is 0 Å². The van der Waals surface area contributed by atoms with Crippen molar-refractivity contribution in [2.24, 2.45) is 5.73 Å². The van der Waals surface area contributed by atoms with Crippen LogP contribution < -0.4 is 5.73 Å². The van der Waals surface area contributed by atoms with Crippen LogP contribution in [0, 0.1) is 0 Å². The van der Waals surface area contributed by atoms with E-state index in [9.17, 15) is 4.79 Å². The summed E-state index contributed by atoms with van der Waals surface area (Å²) in [4.78, 5) is 14.7. The molecule has 0 aromatic carbocycles. The number of nitrogens with two attached hydrogens (primary N) is 1. The fourth-order valence-corrected chi connectivity index (χ4v) is 0.674. The highest BCUT2D eigenvalue weighted by Crippen LogP contribution is 1.94. The Labute approximate surface area is 69.1 Å². The van der Waals surface area contributed by atoms with E-state index in [1.807, 2.05) is 0 Å². The summed E-state index contributed by atoms with van der Waals surface area (Å²) in [6.45, 7) is 2.26. The van der Waals surface area contributed by atoms with Gasteiger partial charge in [-0.2, -0.15) is 0 Å². The van der Waals surface area contributed by atoms with Gasteiger partial charge in [0, 0.05) is 0 Å². The van der Waals surface area contributed by atoms with Crippen LogP contribution in [0.2, 0.25) is 0 Å². The molecule has 66 valence electrons. The van der Waals surface area contributed by atoms with Crippen LogP contribution in [0.3, 0.4) is 0 Å². The highest BCUT2D eigenvalue weighted by Gasteiger charge is 2.11. The summed E-state index contributed by atoms with van der Waals surface area (Å²) in [7, 11) is 0. The molecule has 12 heavy (non-hydrogen) atoms. The number of carbonyl (C=O) groups excluding carboxylic acids is 1. The minimum atomic E-state index is -0.534. The van der Waals surface area contributed by atoms with Crippen molar-refractivity contribution in [3.8, 4) is 0 Å². The van der Waals surface area contributed by atoms with Crippen LogP contribution in [0.4, 0.5) is 0 Å². The molecule has 0 atom stereocenters. The first-order valence-electron chi connectivity index (χ1n) is 3.56. The smallest absolute Gasteiger partial charge is 0.378 e. The zero-order chi connectivity index (χ0) is 8.97. The SMILES string of the molecule is CCOC(=O)c1n[nH]c(CN)n1. The molecule has 0 bridgehead atoms. The van der Waals surface area contributed by atoms with E-state index in [4.69, 9.17) is 5.73 Å². The average molecular weight is 170 g/mol. The van der Waals surface area contributed by atoms with E-state index in [1.54, 1.807) is 6.92 Å². The van der Waals surface area contributed by atoms with Crippen molar-refractivity contribution in [2.45, 2.75) is 13.5 Å². The zero-order valence-corrected chi connectivity index (χ0v) is 6.70. The van der Waals surface area contributed by atoms with Gasteiger partial charge in [-0.15, -0.1) is 5.10 Å². The van der Waals surface area contributed by atoms with Gasteiger partial charge in [-0.3, -0.25) is 5.10 Å². The van der Waals surface area contributed by atoms with Gasteiger partial charge in [0.25, 0.3) is 5.82 Å². The number of esters is 1. The predicted molar refractivity (Wildman–Crippen MR) is 40.2 cm³/mol. The standard InChI is InChI=1S/C6H10N4O2/c1-2-12-6(11)5-8-4(3-7)9-10-5/h2-3,7H2,1H3,(H,8,9,10). The zero-order valence-electron chi connectivity index (χ0n) is 6.70. The number of nitrogens with zero attached hydrogens (tertiary/aromatic N) is 2. The number of aromatic nitrogens is 3. The second kappa shape index (κ2) is 3.82. The normalized spacial score (nSPS) is 9.83. The third kappa shape index (κ3) is 1.79. The Hall–Kier alpha value is -1.43. The van der Waals surface area contributed by atoms with E-state index in [2.05, 4.69) is 19.9 Å². The van der Waals surface area contributed by atoms with Gasteiger partial charge in [0.1, 0.15) is 5.82 Å². The van der Waals surface area contributed by atoms with Crippen molar-refractivity contribution in [3.63, 3.8) is 0 Å². The highest BCUT2D eigenvalue weighted by atomic mass is 16.5. The molecule has 0 aliphatic rings. The molecule has 0 amide bonds. The number of ether oxygens (including phenoxy) is 1. The molecule has 0 fully saturated rings. The second-order valence-corrected chi connectivity index (χ2v) is 2.03. The van der Waals surface area contributed by atoms with Crippen LogP contribution in [-0.2, 0) is 11.3 Å². The fourth-order valence-electron chi connectivity index (χ4n) is 0.674. The molecule has 1 aromatic rings. The first-order valence-corrected chi connectivity index (χ1v) is 3.56. The van der Waals surface area contributed by atoms with Crippen molar-refractivity contribution >= 4 is 5.97 Å². The number of hydrogen-bond acceptors (Lipinski definition) is 5. The quantitative estimate of drug-likeness (QED) is 0.593. The fraction of sp³-hybridized carbons (Fsp3) is 0.500. The van der Waals surface area contributed by atoms with Crippen molar-refractivity contribution in [1.29, 1.82) is 0 Å². The number of nitrogens with one attached hydrogen (secondary N) is 1. The highest BCUT2D eigenvalue weighted by molar-refractivity contribution is 5.84. The minimum Gasteiger partial charge on any atom is -0.460 e. The largest absolute Gasteiger partial charge is 0.460 e. The maximum absolute atomic E-state index is 11.0. The van der Waals surface area contributed by atoms with Gasteiger partial charge in [-0.25, -0.2) is 9.78 Å². The molecule has 1 heterocycles. The summed E-state index contributed by atoms with van der Waals surface area (Å²) in [5.74, 6) is -0.0381. The maximum atomic E-state index is 11.0.